The predicted molar refractivity (Wildman–Crippen MR) is 276 cm³/mol. The van der Waals surface area contributed by atoms with E-state index in [1.165, 1.54) is 56.9 Å². The van der Waals surface area contributed by atoms with E-state index in [0.29, 0.717) is 131 Å². The molecule has 73 heavy (non-hydrogen) atoms. The van der Waals surface area contributed by atoms with Gasteiger partial charge in [0.05, 0.1) is 106 Å². The van der Waals surface area contributed by atoms with E-state index in [2.05, 4.69) is 66.8 Å². The van der Waals surface area contributed by atoms with Crippen molar-refractivity contribution in [2.24, 2.45) is 52.2 Å². The summed E-state index contributed by atoms with van der Waals surface area (Å²) in [6.07, 6.45) is 16.1. The monoisotopic (exact) mass is 1040 g/mol. The highest BCUT2D eigenvalue weighted by molar-refractivity contribution is 5.77. The van der Waals surface area contributed by atoms with E-state index < -0.39 is 6.09 Å². The molecular weight excluding hydrogens is 943 g/mol. The number of carbonyl (C=O) groups is 4. The fraction of sp³-hybridized carbons (Fsp3) is 0.889. The van der Waals surface area contributed by atoms with Crippen molar-refractivity contribution in [3.63, 3.8) is 0 Å². The van der Waals surface area contributed by atoms with Crippen molar-refractivity contribution in [2.75, 3.05) is 138 Å². The van der Waals surface area contributed by atoms with Gasteiger partial charge in [-0.05, 0) is 91.3 Å². The maximum absolute atomic E-state index is 12.8. The summed E-state index contributed by atoms with van der Waals surface area (Å²) in [5.74, 6) is 9.09. The Labute approximate surface area is 437 Å². The zero-order chi connectivity index (χ0) is 52.6. The van der Waals surface area contributed by atoms with Gasteiger partial charge in [0.1, 0.15) is 12.7 Å². The number of hydrogen-bond donors (Lipinski definition) is 5. The van der Waals surface area contributed by atoms with Crippen LogP contribution < -0.4 is 27.2 Å². The molecule has 4 rings (SSSR count). The molecule has 1 unspecified atom stereocenters. The van der Waals surface area contributed by atoms with Gasteiger partial charge in [-0.15, -0.1) is 0 Å². The molecule has 3 saturated carbocycles. The molecule has 0 aromatic heterocycles. The maximum atomic E-state index is 12.8. The Morgan fingerprint density at radius 3 is 1.64 bits per heavy atom. The molecular formula is C54H97N5O14. The number of allylic oxidation sites excluding steroid dienone is 1. The highest BCUT2D eigenvalue weighted by Gasteiger charge is 2.59. The molecule has 0 spiro atoms. The zero-order valence-electron chi connectivity index (χ0n) is 45.5. The molecule has 6 N–H and O–H groups in total. The van der Waals surface area contributed by atoms with Gasteiger partial charge in [-0.3, -0.25) is 19.2 Å². The summed E-state index contributed by atoms with van der Waals surface area (Å²) >= 11 is 0. The van der Waals surface area contributed by atoms with Gasteiger partial charge in [-0.1, -0.05) is 65.5 Å². The molecule has 0 saturated heterocycles. The molecule has 19 nitrogen and oxygen atoms in total. The van der Waals surface area contributed by atoms with Crippen molar-refractivity contribution in [1.82, 2.24) is 21.3 Å². The summed E-state index contributed by atoms with van der Waals surface area (Å²) in [7, 11) is 0. The molecule has 19 heteroatoms. The topological polar surface area (TPSA) is 235 Å². The van der Waals surface area contributed by atoms with Gasteiger partial charge >= 0.3 is 6.09 Å². The Morgan fingerprint density at radius 1 is 0.589 bits per heavy atom. The molecule has 0 heterocycles. The minimum Gasteiger partial charge on any atom is -0.446 e. The molecule has 0 aromatic rings. The number of nitrogens with one attached hydrogen (secondary N) is 4. The second-order valence-electron chi connectivity index (χ2n) is 21.2. The lowest BCUT2D eigenvalue weighted by Gasteiger charge is -2.58. The van der Waals surface area contributed by atoms with E-state index in [1.54, 1.807) is 0 Å². The van der Waals surface area contributed by atoms with Gasteiger partial charge < -0.3 is 63.9 Å². The van der Waals surface area contributed by atoms with Crippen LogP contribution in [0.15, 0.2) is 11.6 Å². The van der Waals surface area contributed by atoms with Gasteiger partial charge in [0, 0.05) is 45.4 Å². The molecule has 4 amide bonds. The van der Waals surface area contributed by atoms with E-state index in [0.717, 1.165) is 54.8 Å². The average molecular weight is 1040 g/mol. The van der Waals surface area contributed by atoms with Crippen molar-refractivity contribution >= 4 is 23.8 Å². The van der Waals surface area contributed by atoms with Crippen LogP contribution in [0.5, 0.6) is 0 Å². The first kappa shape index (κ1) is 62.6. The lowest BCUT2D eigenvalue weighted by Crippen LogP contribution is -2.51. The first-order valence-electron chi connectivity index (χ1n) is 27.7. The number of amides is 4. The van der Waals surface area contributed by atoms with Crippen molar-refractivity contribution < 1.29 is 66.6 Å². The largest absolute Gasteiger partial charge is 0.446 e. The van der Waals surface area contributed by atoms with Gasteiger partial charge in [0.15, 0.2) is 0 Å². The van der Waals surface area contributed by atoms with Crippen molar-refractivity contribution in [1.29, 1.82) is 0 Å². The number of carbonyl (C=O) groups excluding carboxylic acids is 4. The molecule has 0 aromatic carbocycles. The number of nitrogens with two attached hydrogens (primary N) is 1. The number of rotatable bonds is 41. The minimum atomic E-state index is -0.415. The zero-order valence-corrected chi connectivity index (χ0v) is 45.5. The molecule has 422 valence electrons. The van der Waals surface area contributed by atoms with Crippen LogP contribution in [0, 0.1) is 46.3 Å². The number of hydrogen-bond acceptors (Lipinski definition) is 15. The van der Waals surface area contributed by atoms with Crippen LogP contribution in [0.2, 0.25) is 0 Å². The summed E-state index contributed by atoms with van der Waals surface area (Å²) in [6.45, 7) is 19.7. The summed E-state index contributed by atoms with van der Waals surface area (Å²) in [5.41, 5.74) is 2.21. The fourth-order valence-corrected chi connectivity index (χ4v) is 12.0. The van der Waals surface area contributed by atoms with Gasteiger partial charge in [-0.2, -0.15) is 0 Å². The van der Waals surface area contributed by atoms with Crippen LogP contribution in [0.1, 0.15) is 118 Å². The second kappa shape index (κ2) is 36.1. The third-order valence-electron chi connectivity index (χ3n) is 15.8. The van der Waals surface area contributed by atoms with Crippen molar-refractivity contribution in [3.05, 3.63) is 11.6 Å². The highest BCUT2D eigenvalue weighted by Crippen LogP contribution is 2.67. The Morgan fingerprint density at radius 2 is 1.10 bits per heavy atom. The van der Waals surface area contributed by atoms with Crippen LogP contribution in [0.25, 0.3) is 0 Å². The summed E-state index contributed by atoms with van der Waals surface area (Å²) in [4.78, 5) is 52.4. The summed E-state index contributed by atoms with van der Waals surface area (Å²) in [5, 5.41) is 11.0. The Hall–Kier alpha value is -2.98. The number of fused-ring (bicyclic) bond motifs is 5. The Balaban J connectivity index is 0.870. The Bertz CT molecular complexity index is 1590. The average Bonchev–Trinajstić information content (AvgIpc) is 3.72. The van der Waals surface area contributed by atoms with Crippen LogP contribution >= 0.6 is 0 Å². The molecule has 0 bridgehead atoms. The van der Waals surface area contributed by atoms with Crippen LogP contribution in [0.4, 0.5) is 4.79 Å². The van der Waals surface area contributed by atoms with Crippen molar-refractivity contribution in [2.45, 2.75) is 124 Å². The summed E-state index contributed by atoms with van der Waals surface area (Å²) < 4.78 is 49.6. The minimum absolute atomic E-state index is 0.107. The standard InChI is InChI=1S/C54H97N5O14/c1-41(2)7-6-8-42(3)46-11-12-47-45-10-9-43-39-44(13-17-53(43,4)48(45)14-18-54(46,47)5)73-52(63)59-20-19-56-49(60)15-23-64-27-31-68-35-37-70-33-29-66-25-21-57-50(61)16-24-65-28-32-69-36-38-71-34-30-67-26-22-58-51(62)40-72-55/h9,41-42,44-48H,6-8,10-40,55H2,1-5H3,(H,56,60)(H,57,61)(H,58,62)(H,59,63)/t42-,44+,45+,46?,47+,48+,53+,54-/m1/s1. The third-order valence-corrected chi connectivity index (χ3v) is 15.8. The van der Waals surface area contributed by atoms with E-state index in [9.17, 15) is 19.2 Å². The quantitative estimate of drug-likeness (QED) is 0.0298. The summed E-state index contributed by atoms with van der Waals surface area (Å²) in [6, 6.07) is 0. The van der Waals surface area contributed by atoms with Gasteiger partial charge in [-0.25, -0.2) is 10.7 Å². The first-order chi connectivity index (χ1) is 35.4. The van der Waals surface area contributed by atoms with E-state index in [4.69, 9.17) is 48.5 Å². The van der Waals surface area contributed by atoms with Crippen LogP contribution in [-0.4, -0.2) is 168 Å². The normalized spacial score (nSPS) is 24.8. The molecule has 4 aliphatic carbocycles. The molecule has 3 fully saturated rings. The highest BCUT2D eigenvalue weighted by atomic mass is 16.6. The first-order valence-corrected chi connectivity index (χ1v) is 27.7. The van der Waals surface area contributed by atoms with E-state index >= 15 is 0 Å². The Kier molecular flexibility index (Phi) is 31.0. The van der Waals surface area contributed by atoms with Gasteiger partial charge in [0.25, 0.3) is 0 Å². The number of alkyl carbamates (subject to hydrolysis) is 1. The molecule has 0 radical (unpaired) electrons. The molecule has 0 aliphatic heterocycles. The molecule has 4 aliphatic rings. The van der Waals surface area contributed by atoms with Crippen LogP contribution in [-0.2, 0) is 61.9 Å². The lowest BCUT2D eigenvalue weighted by atomic mass is 9.47. The predicted octanol–water partition coefficient (Wildman–Crippen LogP) is 5.27. The van der Waals surface area contributed by atoms with E-state index in [1.807, 2.05) is 0 Å². The number of ether oxygens (including phenoxy) is 9. The second-order valence-corrected chi connectivity index (χ2v) is 21.2. The van der Waals surface area contributed by atoms with Crippen molar-refractivity contribution in [3.8, 4) is 0 Å². The van der Waals surface area contributed by atoms with E-state index in [-0.39, 0.29) is 55.3 Å². The van der Waals surface area contributed by atoms with Crippen LogP contribution in [0.3, 0.4) is 0 Å². The molecule has 8 atom stereocenters. The maximum Gasteiger partial charge on any atom is 0.407 e. The smallest absolute Gasteiger partial charge is 0.407 e. The third kappa shape index (κ3) is 23.4. The SMILES string of the molecule is CC(C)CCC[C@@H](C)C1CC[C@H]2[C@@H]3CC=C4C[C@@H](OC(=O)NCCNC(=O)CCOCCOCCOCCOCCNC(=O)CCOCCOCCOCCOCCNC(=O)CON)CC[C@]4(C)[C@H]3CC[C@]12C. The lowest BCUT2D eigenvalue weighted by molar-refractivity contribution is -0.126. The van der Waals surface area contributed by atoms with Gasteiger partial charge in [0.2, 0.25) is 17.7 Å². The fourth-order valence-electron chi connectivity index (χ4n) is 12.0.